The fourth-order valence-corrected chi connectivity index (χ4v) is 4.37. The average Bonchev–Trinajstić information content (AvgIpc) is 2.79. The van der Waals surface area contributed by atoms with Gasteiger partial charge in [-0.2, -0.15) is 0 Å². The minimum atomic E-state index is -0.178. The number of nitrogens with one attached hydrogen (secondary N) is 1. The number of phenols is 1. The van der Waals surface area contributed by atoms with Crippen LogP contribution in [-0.4, -0.2) is 58.3 Å². The van der Waals surface area contributed by atoms with Gasteiger partial charge in [-0.25, -0.2) is 0 Å². The van der Waals surface area contributed by atoms with E-state index in [0.717, 1.165) is 24.8 Å². The highest BCUT2D eigenvalue weighted by atomic mass is 35.5. The summed E-state index contributed by atoms with van der Waals surface area (Å²) in [6.45, 7) is 5.46. The number of halogens is 1. The Balaban J connectivity index is 2.37. The Hall–Kier alpha value is -1.96. The molecule has 0 spiro atoms. The average molecular weight is 467 g/mol. The van der Waals surface area contributed by atoms with E-state index in [2.05, 4.69) is 5.32 Å². The molecule has 32 heavy (non-hydrogen) atoms. The van der Waals surface area contributed by atoms with Gasteiger partial charge >= 0.3 is 0 Å². The second kappa shape index (κ2) is 13.6. The highest BCUT2D eigenvalue weighted by Crippen LogP contribution is 2.26. The molecule has 180 valence electrons. The van der Waals surface area contributed by atoms with E-state index in [9.17, 15) is 15.0 Å². The smallest absolute Gasteiger partial charge is 0.272 e. The Morgan fingerprint density at radius 3 is 2.53 bits per heavy atom. The molecule has 1 fully saturated rings. The molecule has 0 radical (unpaired) electrons. The van der Waals surface area contributed by atoms with E-state index in [1.165, 1.54) is 19.3 Å². The van der Waals surface area contributed by atoms with Crippen molar-refractivity contribution in [2.24, 2.45) is 5.73 Å². The molecule has 0 heterocycles. The van der Waals surface area contributed by atoms with E-state index < -0.39 is 0 Å². The Morgan fingerprint density at radius 1 is 1.22 bits per heavy atom. The lowest BCUT2D eigenvalue weighted by atomic mass is 9.96. The number of aliphatic hydroxyl groups is 1. The number of benzene rings is 1. The zero-order chi connectivity index (χ0) is 23.5. The molecule has 1 amide bonds. The maximum Gasteiger partial charge on any atom is 0.272 e. The summed E-state index contributed by atoms with van der Waals surface area (Å²) in [4.78, 5) is 17.1. The van der Waals surface area contributed by atoms with Crippen molar-refractivity contribution in [3.8, 4) is 5.75 Å². The SMILES string of the molecule is CCC/C(N)=C(\C(=O)N(CC)CCO)N(CNC1CCCCC1)Cc1ccc(O)c(Cl)c1. The van der Waals surface area contributed by atoms with Crippen molar-refractivity contribution in [3.05, 3.63) is 40.2 Å². The van der Waals surface area contributed by atoms with Crippen LogP contribution in [0.15, 0.2) is 29.6 Å². The molecule has 5 N–H and O–H groups in total. The Morgan fingerprint density at radius 2 is 1.94 bits per heavy atom. The molecule has 8 heteroatoms. The van der Waals surface area contributed by atoms with Gasteiger partial charge in [-0.3, -0.25) is 10.1 Å². The summed E-state index contributed by atoms with van der Waals surface area (Å²) in [5, 5.41) is 23.1. The fraction of sp³-hybridized carbons (Fsp3) is 0.625. The number of phenolic OH excluding ortho intramolecular Hbond substituents is 1. The molecule has 7 nitrogen and oxygen atoms in total. The largest absolute Gasteiger partial charge is 0.506 e. The van der Waals surface area contributed by atoms with Crippen LogP contribution in [0, 0.1) is 0 Å². The number of carbonyl (C=O) groups is 1. The number of carbonyl (C=O) groups excluding carboxylic acids is 1. The molecular formula is C24H39ClN4O3. The van der Waals surface area contributed by atoms with E-state index in [0.29, 0.717) is 43.6 Å². The molecule has 0 aromatic heterocycles. The first kappa shape index (κ1) is 26.3. The second-order valence-corrected chi connectivity index (χ2v) is 8.82. The summed E-state index contributed by atoms with van der Waals surface area (Å²) in [6, 6.07) is 5.50. The van der Waals surface area contributed by atoms with Gasteiger partial charge in [0, 0.05) is 31.4 Å². The quantitative estimate of drug-likeness (QED) is 0.277. The molecule has 0 unspecified atom stereocenters. The molecular weight excluding hydrogens is 428 g/mol. The summed E-state index contributed by atoms with van der Waals surface area (Å²) in [7, 11) is 0. The second-order valence-electron chi connectivity index (χ2n) is 8.41. The van der Waals surface area contributed by atoms with E-state index >= 15 is 0 Å². The monoisotopic (exact) mass is 466 g/mol. The van der Waals surface area contributed by atoms with Gasteiger partial charge in [0.15, 0.2) is 0 Å². The molecule has 1 saturated carbocycles. The lowest BCUT2D eigenvalue weighted by Gasteiger charge is -2.34. The van der Waals surface area contributed by atoms with Crippen LogP contribution in [0.4, 0.5) is 0 Å². The number of likely N-dealkylation sites (N-methyl/N-ethyl adjacent to an activating group) is 1. The summed E-state index contributed by atoms with van der Waals surface area (Å²) in [5.41, 5.74) is 8.36. The topological polar surface area (TPSA) is 102 Å². The van der Waals surface area contributed by atoms with E-state index in [1.54, 1.807) is 23.1 Å². The Kier molecular flexibility index (Phi) is 11.1. The van der Waals surface area contributed by atoms with Crippen LogP contribution in [0.5, 0.6) is 5.75 Å². The maximum atomic E-state index is 13.5. The minimum Gasteiger partial charge on any atom is -0.506 e. The third-order valence-corrected chi connectivity index (χ3v) is 6.25. The van der Waals surface area contributed by atoms with Crippen molar-refractivity contribution >= 4 is 17.5 Å². The number of aromatic hydroxyl groups is 1. The highest BCUT2D eigenvalue weighted by Gasteiger charge is 2.26. The molecule has 0 aliphatic heterocycles. The van der Waals surface area contributed by atoms with Gasteiger partial charge < -0.3 is 25.7 Å². The van der Waals surface area contributed by atoms with Crippen LogP contribution >= 0.6 is 11.6 Å². The number of hydrogen-bond donors (Lipinski definition) is 4. The number of allylic oxidation sites excluding steroid dienone is 1. The summed E-state index contributed by atoms with van der Waals surface area (Å²) in [5.74, 6) is -0.150. The van der Waals surface area contributed by atoms with Gasteiger partial charge in [-0.15, -0.1) is 0 Å². The van der Waals surface area contributed by atoms with Crippen molar-refractivity contribution in [2.45, 2.75) is 71.4 Å². The summed E-state index contributed by atoms with van der Waals surface area (Å²) < 4.78 is 0. The first-order valence-electron chi connectivity index (χ1n) is 11.8. The number of nitrogens with zero attached hydrogens (tertiary/aromatic N) is 2. The van der Waals surface area contributed by atoms with Crippen molar-refractivity contribution in [3.63, 3.8) is 0 Å². The van der Waals surface area contributed by atoms with E-state index in [4.69, 9.17) is 17.3 Å². The van der Waals surface area contributed by atoms with Crippen LogP contribution in [0.3, 0.4) is 0 Å². The molecule has 1 aliphatic carbocycles. The van der Waals surface area contributed by atoms with Gasteiger partial charge in [0.05, 0.1) is 18.3 Å². The fourth-order valence-electron chi connectivity index (χ4n) is 4.17. The van der Waals surface area contributed by atoms with Crippen LogP contribution in [0.25, 0.3) is 0 Å². The molecule has 1 aromatic rings. The van der Waals surface area contributed by atoms with Gasteiger partial charge in [0.1, 0.15) is 11.4 Å². The number of aliphatic hydroxyl groups excluding tert-OH is 1. The lowest BCUT2D eigenvalue weighted by Crippen LogP contribution is -2.46. The summed E-state index contributed by atoms with van der Waals surface area (Å²) in [6.07, 6.45) is 7.38. The number of amides is 1. The van der Waals surface area contributed by atoms with Crippen molar-refractivity contribution in [1.82, 2.24) is 15.1 Å². The van der Waals surface area contributed by atoms with Crippen LogP contribution in [0.1, 0.15) is 64.4 Å². The van der Waals surface area contributed by atoms with Gasteiger partial charge in [-0.05, 0) is 43.9 Å². The lowest BCUT2D eigenvalue weighted by molar-refractivity contribution is -0.129. The third kappa shape index (κ3) is 7.57. The number of hydrogen-bond acceptors (Lipinski definition) is 6. The van der Waals surface area contributed by atoms with Gasteiger partial charge in [-0.1, -0.05) is 50.3 Å². The number of nitrogens with two attached hydrogens (primary N) is 1. The molecule has 0 bridgehead atoms. The molecule has 0 saturated heterocycles. The van der Waals surface area contributed by atoms with Crippen molar-refractivity contribution < 1.29 is 15.0 Å². The molecule has 1 aliphatic rings. The van der Waals surface area contributed by atoms with E-state index in [1.807, 2.05) is 18.7 Å². The van der Waals surface area contributed by atoms with Crippen molar-refractivity contribution in [1.29, 1.82) is 0 Å². The predicted molar refractivity (Wildman–Crippen MR) is 129 cm³/mol. The highest BCUT2D eigenvalue weighted by molar-refractivity contribution is 6.32. The standard InChI is InChI=1S/C24H39ClN4O3/c1-3-8-21(26)23(24(32)28(4-2)13-14-30)29(17-27-19-9-6-5-7-10-19)16-18-11-12-22(31)20(25)15-18/h11-12,15,19,27,30-31H,3-10,13-14,16-17,26H2,1-2H3/b23-21-. The Bertz CT molecular complexity index is 766. The normalized spacial score (nSPS) is 15.4. The Labute approximate surface area is 197 Å². The molecule has 2 rings (SSSR count). The van der Waals surface area contributed by atoms with Gasteiger partial charge in [0.25, 0.3) is 5.91 Å². The first-order valence-corrected chi connectivity index (χ1v) is 12.1. The third-order valence-electron chi connectivity index (χ3n) is 5.94. The zero-order valence-electron chi connectivity index (χ0n) is 19.4. The predicted octanol–water partition coefficient (Wildman–Crippen LogP) is 3.54. The first-order chi connectivity index (χ1) is 15.4. The van der Waals surface area contributed by atoms with Crippen LogP contribution in [-0.2, 0) is 11.3 Å². The maximum absolute atomic E-state index is 13.5. The van der Waals surface area contributed by atoms with Crippen LogP contribution < -0.4 is 11.1 Å². The minimum absolute atomic E-state index is 0.0275. The molecule has 1 aromatic carbocycles. The van der Waals surface area contributed by atoms with Gasteiger partial charge in [0.2, 0.25) is 0 Å². The van der Waals surface area contributed by atoms with E-state index in [-0.39, 0.29) is 29.8 Å². The molecule has 0 atom stereocenters. The zero-order valence-corrected chi connectivity index (χ0v) is 20.2. The number of rotatable bonds is 12. The van der Waals surface area contributed by atoms with Crippen molar-refractivity contribution in [2.75, 3.05) is 26.4 Å². The van der Waals surface area contributed by atoms with Crippen LogP contribution in [0.2, 0.25) is 5.02 Å². The summed E-state index contributed by atoms with van der Waals surface area (Å²) >= 11 is 6.14.